The first-order chi connectivity index (χ1) is 13.1. The third kappa shape index (κ3) is 6.09. The summed E-state index contributed by atoms with van der Waals surface area (Å²) < 4.78 is 0. The third-order valence-electron chi connectivity index (χ3n) is 3.96. The molecule has 1 aromatic heterocycles. The second kappa shape index (κ2) is 9.93. The first-order valence-electron chi connectivity index (χ1n) is 8.71. The van der Waals surface area contributed by atoms with E-state index in [0.29, 0.717) is 18.0 Å². The number of thioether (sulfide) groups is 1. The topological polar surface area (TPSA) is 42.0 Å². The van der Waals surface area contributed by atoms with Crippen molar-refractivity contribution in [1.29, 1.82) is 0 Å². The van der Waals surface area contributed by atoms with Crippen molar-refractivity contribution in [2.75, 3.05) is 12.3 Å². The van der Waals surface area contributed by atoms with Gasteiger partial charge in [-0.1, -0.05) is 59.6 Å². The number of carbonyl (C=O) groups excluding carboxylic acids is 1. The lowest BCUT2D eigenvalue weighted by Crippen LogP contribution is -2.27. The van der Waals surface area contributed by atoms with Crippen molar-refractivity contribution in [3.8, 4) is 10.6 Å². The molecule has 3 rings (SSSR count). The van der Waals surface area contributed by atoms with E-state index in [1.807, 2.05) is 41.4 Å². The van der Waals surface area contributed by atoms with E-state index in [1.165, 1.54) is 22.5 Å². The van der Waals surface area contributed by atoms with Crippen LogP contribution in [0.25, 0.3) is 10.6 Å². The molecule has 0 saturated heterocycles. The first kappa shape index (κ1) is 19.9. The minimum absolute atomic E-state index is 0.00180. The van der Waals surface area contributed by atoms with Gasteiger partial charge in [0.15, 0.2) is 0 Å². The zero-order valence-electron chi connectivity index (χ0n) is 15.1. The lowest BCUT2D eigenvalue weighted by Gasteiger charge is -2.05. The zero-order valence-corrected chi connectivity index (χ0v) is 17.5. The van der Waals surface area contributed by atoms with E-state index in [4.69, 9.17) is 11.6 Å². The minimum atomic E-state index is 0.00180. The molecule has 1 amide bonds. The van der Waals surface area contributed by atoms with Crippen LogP contribution < -0.4 is 5.32 Å². The van der Waals surface area contributed by atoms with Crippen molar-refractivity contribution in [3.05, 3.63) is 75.8 Å². The van der Waals surface area contributed by atoms with Gasteiger partial charge >= 0.3 is 0 Å². The van der Waals surface area contributed by atoms with Crippen molar-refractivity contribution in [1.82, 2.24) is 10.3 Å². The summed E-state index contributed by atoms with van der Waals surface area (Å²) >= 11 is 9.54. The number of aromatic nitrogens is 1. The number of hydrogen-bond donors (Lipinski definition) is 1. The highest BCUT2D eigenvalue weighted by Crippen LogP contribution is 2.30. The molecule has 0 radical (unpaired) electrons. The zero-order chi connectivity index (χ0) is 19.1. The van der Waals surface area contributed by atoms with Crippen LogP contribution in [0.2, 0.25) is 5.02 Å². The predicted molar refractivity (Wildman–Crippen MR) is 117 cm³/mol. The third-order valence-corrected chi connectivity index (χ3v) is 6.24. The quantitative estimate of drug-likeness (QED) is 0.502. The van der Waals surface area contributed by atoms with Crippen LogP contribution in [-0.2, 0) is 17.0 Å². The summed E-state index contributed by atoms with van der Waals surface area (Å²) in [4.78, 5) is 16.7. The van der Waals surface area contributed by atoms with Crippen LogP contribution >= 0.6 is 34.7 Å². The molecule has 0 atom stereocenters. The lowest BCUT2D eigenvalue weighted by atomic mass is 10.2. The molecular weight excluding hydrogens is 396 g/mol. The van der Waals surface area contributed by atoms with Gasteiger partial charge in [-0.2, -0.15) is 11.8 Å². The number of nitrogens with zero attached hydrogens (tertiary/aromatic N) is 1. The Morgan fingerprint density at radius 2 is 1.96 bits per heavy atom. The van der Waals surface area contributed by atoms with Gasteiger partial charge in [0.2, 0.25) is 5.91 Å². The molecule has 6 heteroatoms. The lowest BCUT2D eigenvalue weighted by molar-refractivity contribution is -0.120. The summed E-state index contributed by atoms with van der Waals surface area (Å²) in [5.74, 6) is 1.85. The van der Waals surface area contributed by atoms with Crippen molar-refractivity contribution >= 4 is 40.6 Å². The van der Waals surface area contributed by atoms with E-state index < -0.39 is 0 Å². The molecule has 0 aliphatic carbocycles. The number of nitrogens with one attached hydrogen (secondary N) is 1. The highest BCUT2D eigenvalue weighted by atomic mass is 35.5. The maximum Gasteiger partial charge on any atom is 0.226 e. The minimum Gasteiger partial charge on any atom is -0.355 e. The molecule has 1 heterocycles. The van der Waals surface area contributed by atoms with Crippen LogP contribution in [0.4, 0.5) is 0 Å². The standard InChI is InChI=1S/C21H21ClN2OS2/c1-15-6-8-16(9-7-15)13-26-11-10-23-20(25)12-17-14-27-21(24-17)18-4-2-3-5-19(18)22/h2-9,14H,10-13H2,1H3,(H,23,25). The van der Waals surface area contributed by atoms with Crippen LogP contribution in [0, 0.1) is 6.92 Å². The van der Waals surface area contributed by atoms with Crippen molar-refractivity contribution in [2.24, 2.45) is 0 Å². The summed E-state index contributed by atoms with van der Waals surface area (Å²) in [6.07, 6.45) is 0.295. The fourth-order valence-corrected chi connectivity index (χ4v) is 4.47. The Balaban J connectivity index is 1.39. The molecule has 27 heavy (non-hydrogen) atoms. The molecule has 0 fully saturated rings. The summed E-state index contributed by atoms with van der Waals surface area (Å²) in [6, 6.07) is 16.2. The first-order valence-corrected chi connectivity index (χ1v) is 11.1. The normalized spacial score (nSPS) is 10.7. The van der Waals surface area contributed by atoms with Gasteiger partial charge in [-0.25, -0.2) is 4.98 Å². The van der Waals surface area contributed by atoms with Gasteiger partial charge in [-0.05, 0) is 18.6 Å². The fraction of sp³-hybridized carbons (Fsp3) is 0.238. The van der Waals surface area contributed by atoms with E-state index >= 15 is 0 Å². The molecule has 0 aliphatic heterocycles. The Bertz CT molecular complexity index is 893. The van der Waals surface area contributed by atoms with Gasteiger partial charge in [0.1, 0.15) is 5.01 Å². The van der Waals surface area contributed by atoms with Gasteiger partial charge in [0, 0.05) is 29.0 Å². The SMILES string of the molecule is Cc1ccc(CSCCNC(=O)Cc2csc(-c3ccccc3Cl)n2)cc1. The number of rotatable bonds is 8. The Labute approximate surface area is 173 Å². The summed E-state index contributed by atoms with van der Waals surface area (Å²) in [7, 11) is 0. The number of halogens is 1. The molecule has 0 spiro atoms. The highest BCUT2D eigenvalue weighted by molar-refractivity contribution is 7.98. The molecule has 2 aromatic carbocycles. The molecule has 3 aromatic rings. The molecule has 3 nitrogen and oxygen atoms in total. The monoisotopic (exact) mass is 416 g/mol. The van der Waals surface area contributed by atoms with Crippen LogP contribution in [0.1, 0.15) is 16.8 Å². The van der Waals surface area contributed by atoms with E-state index in [-0.39, 0.29) is 5.91 Å². The van der Waals surface area contributed by atoms with Gasteiger partial charge in [-0.3, -0.25) is 4.79 Å². The maximum atomic E-state index is 12.1. The molecule has 0 bridgehead atoms. The number of thiazole rings is 1. The average Bonchev–Trinajstić information content (AvgIpc) is 3.11. The fourth-order valence-electron chi connectivity index (χ4n) is 2.51. The molecular formula is C21H21ClN2OS2. The average molecular weight is 417 g/mol. The largest absolute Gasteiger partial charge is 0.355 e. The van der Waals surface area contributed by atoms with Crippen LogP contribution in [0.15, 0.2) is 53.9 Å². The van der Waals surface area contributed by atoms with Gasteiger partial charge < -0.3 is 5.32 Å². The van der Waals surface area contributed by atoms with E-state index in [1.54, 1.807) is 0 Å². The molecule has 1 N–H and O–H groups in total. The number of aryl methyl sites for hydroxylation is 1. The maximum absolute atomic E-state index is 12.1. The van der Waals surface area contributed by atoms with E-state index in [2.05, 4.69) is 41.5 Å². The van der Waals surface area contributed by atoms with Gasteiger partial charge in [0.25, 0.3) is 0 Å². The van der Waals surface area contributed by atoms with Crippen molar-refractivity contribution in [3.63, 3.8) is 0 Å². The van der Waals surface area contributed by atoms with Crippen molar-refractivity contribution in [2.45, 2.75) is 19.1 Å². The number of amides is 1. The second-order valence-electron chi connectivity index (χ2n) is 6.19. The summed E-state index contributed by atoms with van der Waals surface area (Å²) in [5, 5.41) is 6.41. The molecule has 140 valence electrons. The smallest absolute Gasteiger partial charge is 0.226 e. The second-order valence-corrected chi connectivity index (χ2v) is 8.56. The van der Waals surface area contributed by atoms with Crippen LogP contribution in [0.3, 0.4) is 0 Å². The Morgan fingerprint density at radius 3 is 2.74 bits per heavy atom. The number of hydrogen-bond acceptors (Lipinski definition) is 4. The molecule has 0 unspecified atom stereocenters. The van der Waals surface area contributed by atoms with Crippen LogP contribution in [0.5, 0.6) is 0 Å². The predicted octanol–water partition coefficient (Wildman–Crippen LogP) is 5.36. The van der Waals surface area contributed by atoms with Gasteiger partial charge in [0.05, 0.1) is 17.1 Å². The number of carbonyl (C=O) groups is 1. The van der Waals surface area contributed by atoms with E-state index in [0.717, 1.165) is 27.8 Å². The summed E-state index contributed by atoms with van der Waals surface area (Å²) in [5.41, 5.74) is 4.27. The Morgan fingerprint density at radius 1 is 1.19 bits per heavy atom. The van der Waals surface area contributed by atoms with Crippen LogP contribution in [-0.4, -0.2) is 23.2 Å². The Kier molecular flexibility index (Phi) is 7.33. The number of benzene rings is 2. The van der Waals surface area contributed by atoms with Gasteiger partial charge in [-0.15, -0.1) is 11.3 Å². The van der Waals surface area contributed by atoms with E-state index in [9.17, 15) is 4.79 Å². The highest BCUT2D eigenvalue weighted by Gasteiger charge is 2.10. The van der Waals surface area contributed by atoms with Crippen molar-refractivity contribution < 1.29 is 4.79 Å². The summed E-state index contributed by atoms with van der Waals surface area (Å²) in [6.45, 7) is 2.75. The molecule has 0 aliphatic rings. The Hall–Kier alpha value is -1.82. The molecule has 0 saturated carbocycles.